The highest BCUT2D eigenvalue weighted by molar-refractivity contribution is 5.81. The molecule has 0 saturated carbocycles. The lowest BCUT2D eigenvalue weighted by atomic mass is 10.1. The zero-order valence-corrected chi connectivity index (χ0v) is 9.54. The molecule has 0 amide bonds. The van der Waals surface area contributed by atoms with Crippen LogP contribution >= 0.6 is 0 Å². The second-order valence-corrected chi connectivity index (χ2v) is 4.04. The molecule has 1 fully saturated rings. The molecular formula is C12H12F3NO2. The van der Waals surface area contributed by atoms with Crippen molar-refractivity contribution in [2.45, 2.75) is 19.2 Å². The van der Waals surface area contributed by atoms with E-state index in [1.807, 2.05) is 0 Å². The number of rotatable bonds is 2. The number of ketones is 1. The highest BCUT2D eigenvalue weighted by Gasteiger charge is 2.33. The minimum Gasteiger partial charge on any atom is -0.404 e. The van der Waals surface area contributed by atoms with Crippen molar-refractivity contribution in [1.82, 2.24) is 0 Å². The molecule has 0 spiro atoms. The Bertz CT molecular complexity index is 435. The van der Waals surface area contributed by atoms with Crippen LogP contribution in [0.15, 0.2) is 24.3 Å². The van der Waals surface area contributed by atoms with E-state index in [1.165, 1.54) is 12.1 Å². The van der Waals surface area contributed by atoms with Crippen molar-refractivity contribution in [1.29, 1.82) is 0 Å². The van der Waals surface area contributed by atoms with Crippen LogP contribution in [-0.2, 0) is 4.79 Å². The van der Waals surface area contributed by atoms with Gasteiger partial charge in [0.25, 0.3) is 0 Å². The lowest BCUT2D eigenvalue weighted by molar-refractivity contribution is -0.274. The number of halogens is 3. The fourth-order valence-corrected chi connectivity index (χ4v) is 1.93. The number of ether oxygens (including phenoxy) is 1. The molecule has 0 N–H and O–H groups in total. The summed E-state index contributed by atoms with van der Waals surface area (Å²) >= 11 is 0. The molecule has 1 aliphatic rings. The van der Waals surface area contributed by atoms with E-state index in [4.69, 9.17) is 0 Å². The van der Waals surface area contributed by atoms with E-state index in [0.717, 1.165) is 0 Å². The van der Waals surface area contributed by atoms with E-state index in [9.17, 15) is 18.0 Å². The molecule has 0 bridgehead atoms. The topological polar surface area (TPSA) is 29.5 Å². The number of anilines is 1. The van der Waals surface area contributed by atoms with Crippen molar-refractivity contribution in [3.63, 3.8) is 0 Å². The van der Waals surface area contributed by atoms with Gasteiger partial charge in [-0.15, -0.1) is 13.2 Å². The number of alkyl halides is 3. The molecule has 2 rings (SSSR count). The van der Waals surface area contributed by atoms with Crippen molar-refractivity contribution in [2.24, 2.45) is 0 Å². The van der Waals surface area contributed by atoms with Gasteiger partial charge in [0.2, 0.25) is 0 Å². The number of Topliss-reactive ketones (excluding diaryl/α,β-unsaturated/α-hetero) is 1. The molecule has 3 nitrogen and oxygen atoms in total. The molecule has 1 aromatic carbocycles. The first-order valence-corrected chi connectivity index (χ1v) is 5.57. The van der Waals surface area contributed by atoms with Crippen molar-refractivity contribution in [3.05, 3.63) is 24.3 Å². The van der Waals surface area contributed by atoms with Gasteiger partial charge in [0, 0.05) is 25.9 Å². The smallest absolute Gasteiger partial charge is 0.404 e. The van der Waals surface area contributed by atoms with Crippen molar-refractivity contribution in [2.75, 3.05) is 18.0 Å². The van der Waals surface area contributed by atoms with Crippen LogP contribution in [0.25, 0.3) is 0 Å². The normalized spacial score (nSPS) is 16.8. The van der Waals surface area contributed by atoms with Crippen molar-refractivity contribution in [3.8, 4) is 5.75 Å². The maximum atomic E-state index is 12.3. The maximum Gasteiger partial charge on any atom is 0.573 e. The van der Waals surface area contributed by atoms with Gasteiger partial charge >= 0.3 is 6.36 Å². The molecule has 6 heteroatoms. The molecule has 1 saturated heterocycles. The van der Waals surface area contributed by atoms with Crippen LogP contribution in [0.4, 0.5) is 18.9 Å². The molecular weight excluding hydrogens is 247 g/mol. The zero-order valence-electron chi connectivity index (χ0n) is 9.54. The van der Waals surface area contributed by atoms with E-state index in [0.29, 0.717) is 31.6 Å². The SMILES string of the molecule is O=C1CCN(c2ccccc2OC(F)(F)F)CC1. The first-order valence-electron chi connectivity index (χ1n) is 5.57. The zero-order chi connectivity index (χ0) is 13.2. The van der Waals surface area contributed by atoms with E-state index < -0.39 is 6.36 Å². The Balaban J connectivity index is 2.19. The predicted molar refractivity (Wildman–Crippen MR) is 59.6 cm³/mol. The molecule has 1 aromatic rings. The predicted octanol–water partition coefficient (Wildman–Crippen LogP) is 2.75. The third kappa shape index (κ3) is 3.15. The minimum atomic E-state index is -4.71. The summed E-state index contributed by atoms with van der Waals surface area (Å²) in [5, 5.41) is 0. The Labute approximate surface area is 102 Å². The molecule has 1 aliphatic heterocycles. The van der Waals surface area contributed by atoms with Gasteiger partial charge in [0.15, 0.2) is 5.75 Å². The van der Waals surface area contributed by atoms with Gasteiger partial charge in [-0.2, -0.15) is 0 Å². The number of carbonyl (C=O) groups excluding carboxylic acids is 1. The maximum absolute atomic E-state index is 12.3. The number of para-hydroxylation sites is 2. The van der Waals surface area contributed by atoms with Crippen molar-refractivity contribution < 1.29 is 22.7 Å². The summed E-state index contributed by atoms with van der Waals surface area (Å²) in [7, 11) is 0. The summed E-state index contributed by atoms with van der Waals surface area (Å²) in [6.45, 7) is 0.855. The fraction of sp³-hybridized carbons (Fsp3) is 0.417. The first kappa shape index (κ1) is 12.7. The molecule has 0 atom stereocenters. The van der Waals surface area contributed by atoms with Gasteiger partial charge in [0.05, 0.1) is 5.69 Å². The van der Waals surface area contributed by atoms with Gasteiger partial charge in [-0.3, -0.25) is 4.79 Å². The Kier molecular flexibility index (Phi) is 3.45. The number of carbonyl (C=O) groups is 1. The van der Waals surface area contributed by atoms with Crippen LogP contribution in [-0.4, -0.2) is 25.2 Å². The Hall–Kier alpha value is -1.72. The average Bonchev–Trinajstić information content (AvgIpc) is 2.29. The van der Waals surface area contributed by atoms with Gasteiger partial charge in [0.1, 0.15) is 5.78 Å². The van der Waals surface area contributed by atoms with Crippen LogP contribution in [0.3, 0.4) is 0 Å². The molecule has 18 heavy (non-hydrogen) atoms. The molecule has 0 unspecified atom stereocenters. The summed E-state index contributed by atoms with van der Waals surface area (Å²) in [4.78, 5) is 12.9. The van der Waals surface area contributed by atoms with Gasteiger partial charge < -0.3 is 9.64 Å². The number of nitrogens with zero attached hydrogens (tertiary/aromatic N) is 1. The molecule has 0 aromatic heterocycles. The van der Waals surface area contributed by atoms with Crippen molar-refractivity contribution >= 4 is 11.5 Å². The molecule has 0 aliphatic carbocycles. The van der Waals surface area contributed by atoms with E-state index in [-0.39, 0.29) is 11.5 Å². The number of hydrogen-bond donors (Lipinski definition) is 0. The van der Waals surface area contributed by atoms with Gasteiger partial charge in [-0.1, -0.05) is 12.1 Å². The average molecular weight is 259 g/mol. The fourth-order valence-electron chi connectivity index (χ4n) is 1.93. The Morgan fingerprint density at radius 1 is 1.11 bits per heavy atom. The first-order chi connectivity index (χ1) is 8.46. The Morgan fingerprint density at radius 3 is 2.33 bits per heavy atom. The number of piperidine rings is 1. The highest BCUT2D eigenvalue weighted by Crippen LogP contribution is 2.33. The van der Waals surface area contributed by atoms with Gasteiger partial charge in [-0.05, 0) is 12.1 Å². The standard InChI is InChI=1S/C12H12F3NO2/c13-12(14,15)18-11-4-2-1-3-10(11)16-7-5-9(17)6-8-16/h1-4H,5-8H2. The molecule has 0 radical (unpaired) electrons. The second-order valence-electron chi connectivity index (χ2n) is 4.04. The number of benzene rings is 1. The molecule has 1 heterocycles. The van der Waals surface area contributed by atoms with E-state index >= 15 is 0 Å². The van der Waals surface area contributed by atoms with Crippen LogP contribution in [0.1, 0.15) is 12.8 Å². The van der Waals surface area contributed by atoms with Crippen LogP contribution < -0.4 is 9.64 Å². The third-order valence-corrected chi connectivity index (χ3v) is 2.75. The van der Waals surface area contributed by atoms with Gasteiger partial charge in [-0.25, -0.2) is 0 Å². The van der Waals surface area contributed by atoms with Crippen LogP contribution in [0.5, 0.6) is 5.75 Å². The lowest BCUT2D eigenvalue weighted by Gasteiger charge is -2.29. The highest BCUT2D eigenvalue weighted by atomic mass is 19.4. The number of hydrogen-bond acceptors (Lipinski definition) is 3. The third-order valence-electron chi connectivity index (χ3n) is 2.75. The lowest BCUT2D eigenvalue weighted by Crippen LogP contribution is -2.34. The van der Waals surface area contributed by atoms with Crippen LogP contribution in [0, 0.1) is 0 Å². The summed E-state index contributed by atoms with van der Waals surface area (Å²) in [5.74, 6) is -0.0835. The second kappa shape index (κ2) is 4.88. The molecule has 98 valence electrons. The van der Waals surface area contributed by atoms with E-state index in [2.05, 4.69) is 4.74 Å². The minimum absolute atomic E-state index is 0.139. The van der Waals surface area contributed by atoms with E-state index in [1.54, 1.807) is 17.0 Å². The monoisotopic (exact) mass is 259 g/mol. The summed E-state index contributed by atoms with van der Waals surface area (Å²) in [5.41, 5.74) is 0.377. The quantitative estimate of drug-likeness (QED) is 0.818. The largest absolute Gasteiger partial charge is 0.573 e. The summed E-state index contributed by atoms with van der Waals surface area (Å²) < 4.78 is 40.8. The summed E-state index contributed by atoms with van der Waals surface area (Å²) in [6, 6.07) is 5.98. The van der Waals surface area contributed by atoms with Crippen LogP contribution in [0.2, 0.25) is 0 Å². The Morgan fingerprint density at radius 2 is 1.72 bits per heavy atom. The summed E-state index contributed by atoms with van der Waals surface area (Å²) in [6.07, 6.45) is -3.98.